The first kappa shape index (κ1) is 18.1. The molecule has 140 valence electrons. The van der Waals surface area contributed by atoms with Crippen LogP contribution in [0.3, 0.4) is 0 Å². The maximum Gasteiger partial charge on any atom is 0.113 e. The molecule has 2 atom stereocenters. The van der Waals surface area contributed by atoms with Crippen LogP contribution >= 0.6 is 0 Å². The lowest BCUT2D eigenvalue weighted by Gasteiger charge is -2.21. The number of aryl methyl sites for hydroxylation is 2. The number of aliphatic hydroxyl groups excluding tert-OH is 1. The van der Waals surface area contributed by atoms with Crippen LogP contribution in [0, 0.1) is 13.8 Å². The van der Waals surface area contributed by atoms with E-state index in [1.807, 2.05) is 67.6 Å². The Kier molecular flexibility index (Phi) is 5.04. The smallest absolute Gasteiger partial charge is 0.113 e. The number of rotatable bonds is 5. The molecule has 4 heteroatoms. The summed E-state index contributed by atoms with van der Waals surface area (Å²) < 4.78 is 1.80. The van der Waals surface area contributed by atoms with Crippen LogP contribution in [0.1, 0.15) is 34.4 Å². The number of nitrogens with zero attached hydrogens (tertiary/aromatic N) is 3. The molecule has 2 unspecified atom stereocenters. The second kappa shape index (κ2) is 7.79. The number of hydrogen-bond donors (Lipinski definition) is 1. The van der Waals surface area contributed by atoms with Crippen molar-refractivity contribution in [1.82, 2.24) is 15.0 Å². The first-order chi connectivity index (χ1) is 13.6. The van der Waals surface area contributed by atoms with Crippen molar-refractivity contribution in [1.29, 1.82) is 0 Å². The zero-order valence-corrected chi connectivity index (χ0v) is 16.0. The van der Waals surface area contributed by atoms with E-state index in [9.17, 15) is 5.11 Å². The van der Waals surface area contributed by atoms with Crippen LogP contribution in [0.15, 0.2) is 78.9 Å². The predicted molar refractivity (Wildman–Crippen MR) is 113 cm³/mol. The van der Waals surface area contributed by atoms with Gasteiger partial charge in [0.25, 0.3) is 0 Å². The van der Waals surface area contributed by atoms with Gasteiger partial charge in [-0.3, -0.25) is 0 Å². The fourth-order valence-electron chi connectivity index (χ4n) is 3.28. The quantitative estimate of drug-likeness (QED) is 0.536. The van der Waals surface area contributed by atoms with Gasteiger partial charge in [0.15, 0.2) is 0 Å². The Morgan fingerprint density at radius 1 is 0.857 bits per heavy atom. The zero-order valence-electron chi connectivity index (χ0n) is 16.0. The van der Waals surface area contributed by atoms with Gasteiger partial charge in [0.2, 0.25) is 0 Å². The maximum atomic E-state index is 11.2. The lowest BCUT2D eigenvalue weighted by atomic mass is 9.99. The van der Waals surface area contributed by atoms with Crippen molar-refractivity contribution in [3.05, 3.63) is 101 Å². The van der Waals surface area contributed by atoms with Gasteiger partial charge in [0, 0.05) is 0 Å². The molecule has 0 fully saturated rings. The van der Waals surface area contributed by atoms with Gasteiger partial charge in [0.05, 0.1) is 5.52 Å². The molecule has 0 amide bonds. The molecule has 3 aromatic carbocycles. The van der Waals surface area contributed by atoms with E-state index in [0.717, 1.165) is 27.7 Å². The molecule has 4 rings (SSSR count). The fourth-order valence-corrected chi connectivity index (χ4v) is 3.28. The van der Waals surface area contributed by atoms with Crippen LogP contribution in [0.5, 0.6) is 0 Å². The normalized spacial score (nSPS) is 13.8. The third-order valence-corrected chi connectivity index (χ3v) is 4.97. The average Bonchev–Trinajstić information content (AvgIpc) is 3.14. The molecule has 4 aromatic rings. The van der Waals surface area contributed by atoms with E-state index in [0.29, 0.717) is 0 Å². The summed E-state index contributed by atoms with van der Waals surface area (Å²) in [6.45, 7) is 4.11. The summed E-state index contributed by atoms with van der Waals surface area (Å²) in [5.41, 5.74) is 6.02. The van der Waals surface area contributed by atoms with Crippen molar-refractivity contribution in [2.75, 3.05) is 0 Å². The minimum atomic E-state index is -0.743. The van der Waals surface area contributed by atoms with E-state index in [4.69, 9.17) is 0 Å². The molecule has 1 heterocycles. The first-order valence-electron chi connectivity index (χ1n) is 9.41. The van der Waals surface area contributed by atoms with E-state index >= 15 is 0 Å². The van der Waals surface area contributed by atoms with E-state index in [-0.39, 0.29) is 6.04 Å². The second-order valence-electron chi connectivity index (χ2n) is 7.14. The molecular formula is C24H23N3O. The molecule has 0 aliphatic heterocycles. The summed E-state index contributed by atoms with van der Waals surface area (Å²) in [5, 5.41) is 19.8. The monoisotopic (exact) mass is 369 g/mol. The third-order valence-electron chi connectivity index (χ3n) is 4.97. The molecular weight excluding hydrogens is 346 g/mol. The summed E-state index contributed by atoms with van der Waals surface area (Å²) in [5.74, 6) is 0. The average molecular weight is 369 g/mol. The molecule has 1 N–H and O–H groups in total. The van der Waals surface area contributed by atoms with Gasteiger partial charge in [0.1, 0.15) is 17.7 Å². The van der Waals surface area contributed by atoms with Gasteiger partial charge in [-0.1, -0.05) is 89.2 Å². The van der Waals surface area contributed by atoms with Gasteiger partial charge in [-0.05, 0) is 37.1 Å². The van der Waals surface area contributed by atoms with Crippen molar-refractivity contribution in [2.45, 2.75) is 26.0 Å². The highest BCUT2D eigenvalue weighted by molar-refractivity contribution is 5.74. The van der Waals surface area contributed by atoms with Crippen molar-refractivity contribution in [2.24, 2.45) is 0 Å². The molecule has 0 aliphatic carbocycles. The number of hydrogen-bond acceptors (Lipinski definition) is 3. The van der Waals surface area contributed by atoms with Crippen molar-refractivity contribution in [3.63, 3.8) is 0 Å². The summed E-state index contributed by atoms with van der Waals surface area (Å²) in [6.07, 6.45) is 3.28. The number of aromatic nitrogens is 3. The Balaban J connectivity index is 1.76. The van der Waals surface area contributed by atoms with Crippen LogP contribution in [-0.4, -0.2) is 20.1 Å². The van der Waals surface area contributed by atoms with E-state index < -0.39 is 6.10 Å². The van der Waals surface area contributed by atoms with Crippen LogP contribution < -0.4 is 0 Å². The number of benzene rings is 3. The SMILES string of the molecule is Cc1ccc(C=CC(C(O)c2ccc(C)cc2)n2nnc3ccccc32)cc1. The molecule has 28 heavy (non-hydrogen) atoms. The van der Waals surface area contributed by atoms with Crippen LogP contribution in [0.25, 0.3) is 17.1 Å². The van der Waals surface area contributed by atoms with Gasteiger partial charge in [-0.2, -0.15) is 0 Å². The second-order valence-corrected chi connectivity index (χ2v) is 7.14. The highest BCUT2D eigenvalue weighted by Gasteiger charge is 2.23. The summed E-state index contributed by atoms with van der Waals surface area (Å²) in [4.78, 5) is 0. The molecule has 0 bridgehead atoms. The first-order valence-corrected chi connectivity index (χ1v) is 9.41. The standard InChI is InChI=1S/C24H23N3O/c1-17-7-11-19(12-8-17)13-16-23(24(28)20-14-9-18(2)10-15-20)27-22-6-4-3-5-21(22)25-26-27/h3-16,23-24,28H,1-2H3. The molecule has 0 aliphatic rings. The lowest BCUT2D eigenvalue weighted by molar-refractivity contribution is 0.130. The number of fused-ring (bicyclic) bond motifs is 1. The summed E-state index contributed by atoms with van der Waals surface area (Å²) in [6, 6.07) is 23.7. The number of aliphatic hydroxyl groups is 1. The maximum absolute atomic E-state index is 11.2. The minimum absolute atomic E-state index is 0.378. The van der Waals surface area contributed by atoms with Gasteiger partial charge in [-0.25, -0.2) is 4.68 Å². The van der Waals surface area contributed by atoms with Crippen molar-refractivity contribution in [3.8, 4) is 0 Å². The highest BCUT2D eigenvalue weighted by atomic mass is 16.3. The van der Waals surface area contributed by atoms with Crippen LogP contribution in [0.4, 0.5) is 0 Å². The van der Waals surface area contributed by atoms with Gasteiger partial charge < -0.3 is 5.11 Å². The predicted octanol–water partition coefficient (Wildman–Crippen LogP) is 5.04. The van der Waals surface area contributed by atoms with Gasteiger partial charge >= 0.3 is 0 Å². The molecule has 1 aromatic heterocycles. The van der Waals surface area contributed by atoms with Crippen molar-refractivity contribution < 1.29 is 5.11 Å². The molecule has 0 spiro atoms. The lowest BCUT2D eigenvalue weighted by Crippen LogP contribution is -2.17. The van der Waals surface area contributed by atoms with Crippen molar-refractivity contribution >= 4 is 17.1 Å². The summed E-state index contributed by atoms with van der Waals surface area (Å²) >= 11 is 0. The topological polar surface area (TPSA) is 50.9 Å². The van der Waals surface area contributed by atoms with Gasteiger partial charge in [-0.15, -0.1) is 5.10 Å². The Morgan fingerprint density at radius 3 is 2.21 bits per heavy atom. The molecule has 0 radical (unpaired) electrons. The Hall–Kier alpha value is -3.24. The van der Waals surface area contributed by atoms with Crippen LogP contribution in [-0.2, 0) is 0 Å². The molecule has 4 nitrogen and oxygen atoms in total. The molecule has 0 saturated heterocycles. The van der Waals surface area contributed by atoms with E-state index in [2.05, 4.69) is 41.5 Å². The Morgan fingerprint density at radius 2 is 1.50 bits per heavy atom. The fraction of sp³-hybridized carbons (Fsp3) is 0.167. The largest absolute Gasteiger partial charge is 0.386 e. The van der Waals surface area contributed by atoms with Crippen LogP contribution in [0.2, 0.25) is 0 Å². The highest BCUT2D eigenvalue weighted by Crippen LogP contribution is 2.30. The van der Waals surface area contributed by atoms with E-state index in [1.54, 1.807) is 4.68 Å². The third kappa shape index (κ3) is 3.73. The Bertz CT molecular complexity index is 1090. The Labute approximate surface area is 164 Å². The van der Waals surface area contributed by atoms with E-state index in [1.165, 1.54) is 5.56 Å². The number of para-hydroxylation sites is 1. The summed E-state index contributed by atoms with van der Waals surface area (Å²) in [7, 11) is 0. The minimum Gasteiger partial charge on any atom is -0.386 e. The molecule has 0 saturated carbocycles. The zero-order chi connectivity index (χ0) is 19.5.